The molecule has 0 heterocycles. The molecule has 0 rings (SSSR count). The largest absolute Gasteiger partial charge is 0.480 e. The summed E-state index contributed by atoms with van der Waals surface area (Å²) in [4.78, 5) is 59.7. The molecule has 0 aliphatic carbocycles. The fourth-order valence-electron chi connectivity index (χ4n) is 2.71. The van der Waals surface area contributed by atoms with Crippen molar-refractivity contribution in [3.05, 3.63) is 0 Å². The first-order valence-electron chi connectivity index (χ1n) is 10.5. The molecule has 14 heteroatoms. The number of hydrogen-bond donors (Lipinski definition) is 8. The number of aliphatic hydroxyl groups excluding tert-OH is 1. The van der Waals surface area contributed by atoms with Gasteiger partial charge in [-0.25, -0.2) is 4.79 Å². The average Bonchev–Trinajstić information content (AvgIpc) is 2.76. The van der Waals surface area contributed by atoms with Gasteiger partial charge in [0.1, 0.15) is 18.1 Å². The molecule has 4 atom stereocenters. The lowest BCUT2D eigenvalue weighted by Gasteiger charge is -2.24. The summed E-state index contributed by atoms with van der Waals surface area (Å²) in [6.45, 7) is -0.343. The molecule has 0 radical (unpaired) electrons. The zero-order valence-electron chi connectivity index (χ0n) is 18.7. The van der Waals surface area contributed by atoms with Crippen LogP contribution in [0.25, 0.3) is 0 Å². The smallest absolute Gasteiger partial charge is 0.326 e. The minimum atomic E-state index is -1.47. The minimum Gasteiger partial charge on any atom is -0.480 e. The van der Waals surface area contributed by atoms with E-state index >= 15 is 0 Å². The van der Waals surface area contributed by atoms with Gasteiger partial charge in [0.2, 0.25) is 23.6 Å². The summed E-state index contributed by atoms with van der Waals surface area (Å²) in [5.41, 5.74) is 16.3. The van der Waals surface area contributed by atoms with E-state index in [0.29, 0.717) is 31.6 Å². The van der Waals surface area contributed by atoms with Gasteiger partial charge in [-0.3, -0.25) is 19.2 Å². The molecule has 190 valence electrons. The van der Waals surface area contributed by atoms with Crippen molar-refractivity contribution in [3.63, 3.8) is 0 Å². The van der Waals surface area contributed by atoms with E-state index in [0.717, 1.165) is 0 Å². The SMILES string of the molecule is CSCCC(NC(=O)C(N)CCCCN)C(=O)NC(CO)C(=O)NC(CCC(N)=O)C(=O)O. The van der Waals surface area contributed by atoms with Crippen LogP contribution in [0.1, 0.15) is 38.5 Å². The average molecular weight is 493 g/mol. The van der Waals surface area contributed by atoms with Crippen molar-refractivity contribution in [2.75, 3.05) is 25.2 Å². The van der Waals surface area contributed by atoms with E-state index in [1.165, 1.54) is 11.8 Å². The van der Waals surface area contributed by atoms with Gasteiger partial charge in [-0.1, -0.05) is 6.42 Å². The Labute approximate surface area is 196 Å². The Morgan fingerprint density at radius 3 is 1.97 bits per heavy atom. The number of aliphatic carboxylic acids is 1. The molecular weight excluding hydrogens is 456 g/mol. The van der Waals surface area contributed by atoms with E-state index in [1.807, 2.05) is 6.26 Å². The number of unbranched alkanes of at least 4 members (excludes halogenated alkanes) is 1. The maximum atomic E-state index is 12.7. The van der Waals surface area contributed by atoms with Crippen molar-refractivity contribution in [2.45, 2.75) is 62.7 Å². The standard InChI is InChI=1S/C19H36N6O7S/c1-33-9-7-12(23-16(28)11(21)4-2-3-8-20)17(29)25-14(10-26)18(30)24-13(19(31)32)5-6-15(22)27/h11-14,26H,2-10,20-21H2,1H3,(H2,22,27)(H,23,28)(H,24,30)(H,25,29)(H,31,32). The number of primary amides is 1. The van der Waals surface area contributed by atoms with Gasteiger partial charge in [0.25, 0.3) is 0 Å². The van der Waals surface area contributed by atoms with Crippen molar-refractivity contribution in [1.29, 1.82) is 0 Å². The normalized spacial score (nSPS) is 14.4. The molecule has 4 amide bonds. The van der Waals surface area contributed by atoms with Crippen molar-refractivity contribution in [2.24, 2.45) is 17.2 Å². The highest BCUT2D eigenvalue weighted by Gasteiger charge is 2.30. The van der Waals surface area contributed by atoms with Crippen LogP contribution in [0.15, 0.2) is 0 Å². The highest BCUT2D eigenvalue weighted by molar-refractivity contribution is 7.98. The van der Waals surface area contributed by atoms with Crippen LogP contribution in [0.4, 0.5) is 0 Å². The summed E-state index contributed by atoms with van der Waals surface area (Å²) in [6, 6.07) is -4.76. The lowest BCUT2D eigenvalue weighted by molar-refractivity contribution is -0.143. The number of nitrogens with two attached hydrogens (primary N) is 3. The number of carboxylic acid groups (broad SMARTS) is 1. The fraction of sp³-hybridized carbons (Fsp3) is 0.737. The number of thioether (sulfide) groups is 1. The summed E-state index contributed by atoms with van der Waals surface area (Å²) >= 11 is 1.44. The van der Waals surface area contributed by atoms with Gasteiger partial charge < -0.3 is 43.4 Å². The van der Waals surface area contributed by atoms with Crippen LogP contribution >= 0.6 is 11.8 Å². The predicted octanol–water partition coefficient (Wildman–Crippen LogP) is -3.01. The summed E-state index contributed by atoms with van der Waals surface area (Å²) in [5, 5.41) is 25.8. The second-order valence-corrected chi connectivity index (χ2v) is 8.37. The molecule has 0 aromatic carbocycles. The lowest BCUT2D eigenvalue weighted by atomic mass is 10.1. The van der Waals surface area contributed by atoms with Crippen LogP contribution in [0.5, 0.6) is 0 Å². The maximum absolute atomic E-state index is 12.7. The molecular formula is C19H36N6O7S. The second kappa shape index (κ2) is 17.1. The third-order valence-corrected chi connectivity index (χ3v) is 5.30. The van der Waals surface area contributed by atoms with E-state index in [2.05, 4.69) is 16.0 Å². The number of carbonyl (C=O) groups is 5. The zero-order valence-corrected chi connectivity index (χ0v) is 19.6. The highest BCUT2D eigenvalue weighted by atomic mass is 32.2. The number of amides is 4. The Hall–Kier alpha value is -2.42. The van der Waals surface area contributed by atoms with Gasteiger partial charge in [-0.05, 0) is 44.2 Å². The first kappa shape index (κ1) is 30.6. The molecule has 0 aliphatic heterocycles. The zero-order chi connectivity index (χ0) is 25.4. The molecule has 13 nitrogen and oxygen atoms in total. The molecule has 0 spiro atoms. The van der Waals surface area contributed by atoms with E-state index in [9.17, 15) is 34.2 Å². The summed E-state index contributed by atoms with van der Waals surface area (Å²) in [6.07, 6.45) is 3.28. The van der Waals surface area contributed by atoms with Crippen molar-refractivity contribution >= 4 is 41.4 Å². The van der Waals surface area contributed by atoms with Crippen LogP contribution in [-0.4, -0.2) is 89.1 Å². The number of nitrogens with one attached hydrogen (secondary N) is 3. The van der Waals surface area contributed by atoms with E-state index < -0.39 is 60.4 Å². The molecule has 0 bridgehead atoms. The molecule has 0 aliphatic rings. The molecule has 0 aromatic heterocycles. The van der Waals surface area contributed by atoms with E-state index in [-0.39, 0.29) is 19.3 Å². The van der Waals surface area contributed by atoms with Gasteiger partial charge in [0.05, 0.1) is 12.6 Å². The monoisotopic (exact) mass is 492 g/mol. The van der Waals surface area contributed by atoms with Crippen molar-refractivity contribution in [3.8, 4) is 0 Å². The molecule has 4 unspecified atom stereocenters. The summed E-state index contributed by atoms with van der Waals surface area (Å²) < 4.78 is 0. The number of hydrogen-bond acceptors (Lipinski definition) is 9. The highest BCUT2D eigenvalue weighted by Crippen LogP contribution is 2.05. The molecule has 33 heavy (non-hydrogen) atoms. The van der Waals surface area contributed by atoms with Gasteiger partial charge in [-0.2, -0.15) is 11.8 Å². The lowest BCUT2D eigenvalue weighted by Crippen LogP contribution is -2.58. The van der Waals surface area contributed by atoms with Crippen molar-refractivity contribution < 1.29 is 34.2 Å². The van der Waals surface area contributed by atoms with Gasteiger partial charge in [0.15, 0.2) is 0 Å². The van der Waals surface area contributed by atoms with E-state index in [1.54, 1.807) is 0 Å². The fourth-order valence-corrected chi connectivity index (χ4v) is 3.18. The van der Waals surface area contributed by atoms with Crippen LogP contribution < -0.4 is 33.2 Å². The van der Waals surface area contributed by atoms with Crippen molar-refractivity contribution in [1.82, 2.24) is 16.0 Å². The quantitative estimate of drug-likeness (QED) is 0.0901. The second-order valence-electron chi connectivity index (χ2n) is 7.38. The molecule has 0 saturated carbocycles. The number of carboxylic acids is 1. The number of rotatable bonds is 18. The predicted molar refractivity (Wildman–Crippen MR) is 123 cm³/mol. The maximum Gasteiger partial charge on any atom is 0.326 e. The van der Waals surface area contributed by atoms with Crippen LogP contribution in [-0.2, 0) is 24.0 Å². The molecule has 0 aromatic rings. The Morgan fingerprint density at radius 2 is 1.45 bits per heavy atom. The van der Waals surface area contributed by atoms with Gasteiger partial charge in [-0.15, -0.1) is 0 Å². The Morgan fingerprint density at radius 1 is 0.879 bits per heavy atom. The van der Waals surface area contributed by atoms with Gasteiger partial charge in [0, 0.05) is 6.42 Å². The first-order chi connectivity index (χ1) is 15.6. The van der Waals surface area contributed by atoms with Crippen LogP contribution in [0.3, 0.4) is 0 Å². The van der Waals surface area contributed by atoms with Gasteiger partial charge >= 0.3 is 5.97 Å². The Bertz CT molecular complexity index is 667. The summed E-state index contributed by atoms with van der Waals surface area (Å²) in [5.74, 6) is -3.85. The van der Waals surface area contributed by atoms with E-state index in [4.69, 9.17) is 17.2 Å². The molecule has 0 saturated heterocycles. The van der Waals surface area contributed by atoms with Crippen LogP contribution in [0.2, 0.25) is 0 Å². The minimum absolute atomic E-state index is 0.240. The Balaban J connectivity index is 5.12. The first-order valence-corrected chi connectivity index (χ1v) is 11.9. The topological polar surface area (TPSA) is 240 Å². The number of aliphatic hydroxyl groups is 1. The Kier molecular flexibility index (Phi) is 15.9. The molecule has 11 N–H and O–H groups in total. The summed E-state index contributed by atoms with van der Waals surface area (Å²) in [7, 11) is 0. The van der Waals surface area contributed by atoms with Crippen LogP contribution in [0, 0.1) is 0 Å². The third-order valence-electron chi connectivity index (χ3n) is 4.66. The number of carbonyl (C=O) groups excluding carboxylic acids is 4. The molecule has 0 fully saturated rings. The third kappa shape index (κ3) is 13.0.